The van der Waals surface area contributed by atoms with Crippen molar-refractivity contribution in [2.75, 3.05) is 6.54 Å². The Morgan fingerprint density at radius 1 is 1.07 bits per heavy atom. The molecule has 90 valence electrons. The van der Waals surface area contributed by atoms with E-state index in [-0.39, 0.29) is 0 Å². The van der Waals surface area contributed by atoms with Gasteiger partial charge in [-0.05, 0) is 32.2 Å². The second-order valence-electron chi connectivity index (χ2n) is 4.99. The Morgan fingerprint density at radius 3 is 2.47 bits per heavy atom. The van der Waals surface area contributed by atoms with Crippen LogP contribution in [0.3, 0.4) is 0 Å². The molecule has 0 bridgehead atoms. The van der Waals surface area contributed by atoms with Crippen LogP contribution in [0.5, 0.6) is 0 Å². The third-order valence-electron chi connectivity index (χ3n) is 3.44. The van der Waals surface area contributed by atoms with Gasteiger partial charge in [-0.1, -0.05) is 39.0 Å². The van der Waals surface area contributed by atoms with Crippen LogP contribution in [-0.4, -0.2) is 18.6 Å². The van der Waals surface area contributed by atoms with Crippen LogP contribution in [-0.2, 0) is 0 Å². The first-order valence-corrected chi connectivity index (χ1v) is 6.82. The third-order valence-corrected chi connectivity index (χ3v) is 3.44. The summed E-state index contributed by atoms with van der Waals surface area (Å²) in [5.74, 6) is 0. The number of nitrogens with two attached hydrogens (primary N) is 1. The Balaban J connectivity index is 1.81. The van der Waals surface area contributed by atoms with Gasteiger partial charge in [0.2, 0.25) is 0 Å². The van der Waals surface area contributed by atoms with Gasteiger partial charge < -0.3 is 11.1 Å². The minimum atomic E-state index is 0.465. The van der Waals surface area contributed by atoms with Crippen LogP contribution < -0.4 is 11.1 Å². The van der Waals surface area contributed by atoms with Crippen molar-refractivity contribution in [2.24, 2.45) is 5.73 Å². The maximum Gasteiger partial charge on any atom is 0.00823 e. The van der Waals surface area contributed by atoms with Gasteiger partial charge in [0, 0.05) is 12.1 Å². The van der Waals surface area contributed by atoms with Crippen molar-refractivity contribution in [3.63, 3.8) is 0 Å². The predicted molar refractivity (Wildman–Crippen MR) is 67.0 cm³/mol. The Hall–Kier alpha value is -0.0800. The summed E-state index contributed by atoms with van der Waals surface area (Å²) in [7, 11) is 0. The largest absolute Gasteiger partial charge is 0.328 e. The van der Waals surface area contributed by atoms with E-state index in [1.165, 1.54) is 64.3 Å². The summed E-state index contributed by atoms with van der Waals surface area (Å²) >= 11 is 0. The van der Waals surface area contributed by atoms with E-state index in [0.717, 1.165) is 6.04 Å². The Labute approximate surface area is 95.0 Å². The van der Waals surface area contributed by atoms with Crippen molar-refractivity contribution in [3.05, 3.63) is 0 Å². The summed E-state index contributed by atoms with van der Waals surface area (Å²) in [6, 6.07) is 1.18. The molecule has 2 nitrogen and oxygen atoms in total. The maximum atomic E-state index is 5.87. The molecule has 1 saturated carbocycles. The highest BCUT2D eigenvalue weighted by molar-refractivity contribution is 4.82. The van der Waals surface area contributed by atoms with E-state index in [9.17, 15) is 0 Å². The normalized spacial score (nSPS) is 26.0. The molecule has 0 aromatic rings. The maximum absolute atomic E-state index is 5.87. The highest BCUT2D eigenvalue weighted by Crippen LogP contribution is 2.17. The van der Waals surface area contributed by atoms with Gasteiger partial charge in [-0.15, -0.1) is 0 Å². The van der Waals surface area contributed by atoms with E-state index in [0.29, 0.717) is 6.04 Å². The smallest absolute Gasteiger partial charge is 0.00823 e. The molecule has 1 aliphatic rings. The molecule has 2 unspecified atom stereocenters. The molecule has 1 aliphatic carbocycles. The van der Waals surface area contributed by atoms with Crippen LogP contribution >= 0.6 is 0 Å². The second-order valence-corrected chi connectivity index (χ2v) is 4.99. The standard InChI is InChI=1S/C13H28N2/c1-2-3-4-5-6-7-10-15-13-9-8-12(14)11-13/h12-13,15H,2-11,14H2,1H3. The minimum absolute atomic E-state index is 0.465. The molecule has 0 heterocycles. The first kappa shape index (κ1) is 13.0. The van der Waals surface area contributed by atoms with Gasteiger partial charge in [0.25, 0.3) is 0 Å². The quantitative estimate of drug-likeness (QED) is 0.607. The fraction of sp³-hybridized carbons (Fsp3) is 1.00. The van der Waals surface area contributed by atoms with E-state index >= 15 is 0 Å². The van der Waals surface area contributed by atoms with Gasteiger partial charge >= 0.3 is 0 Å². The Kier molecular flexibility index (Phi) is 7.03. The molecule has 2 heteroatoms. The van der Waals surface area contributed by atoms with Crippen LogP contribution in [0.2, 0.25) is 0 Å². The van der Waals surface area contributed by atoms with Gasteiger partial charge in [-0.25, -0.2) is 0 Å². The number of hydrogen-bond acceptors (Lipinski definition) is 2. The summed E-state index contributed by atoms with van der Waals surface area (Å²) in [6.45, 7) is 3.47. The fourth-order valence-electron chi connectivity index (χ4n) is 2.41. The molecular formula is C13H28N2. The lowest BCUT2D eigenvalue weighted by molar-refractivity contribution is 0.492. The summed E-state index contributed by atoms with van der Waals surface area (Å²) in [5, 5.41) is 3.62. The highest BCUT2D eigenvalue weighted by Gasteiger charge is 2.20. The molecule has 0 aliphatic heterocycles. The van der Waals surface area contributed by atoms with E-state index in [1.807, 2.05) is 0 Å². The zero-order valence-electron chi connectivity index (χ0n) is 10.3. The molecule has 1 rings (SSSR count). The van der Waals surface area contributed by atoms with Crippen LogP contribution in [0.4, 0.5) is 0 Å². The number of unbranched alkanes of at least 4 members (excludes halogenated alkanes) is 5. The topological polar surface area (TPSA) is 38.0 Å². The average Bonchev–Trinajstić information content (AvgIpc) is 2.63. The summed E-state index contributed by atoms with van der Waals surface area (Å²) in [6.07, 6.45) is 12.0. The van der Waals surface area contributed by atoms with Crippen molar-refractivity contribution in [3.8, 4) is 0 Å². The molecule has 0 aromatic heterocycles. The predicted octanol–water partition coefficient (Wildman–Crippen LogP) is 2.82. The number of rotatable bonds is 8. The second kappa shape index (κ2) is 8.12. The molecule has 0 saturated heterocycles. The van der Waals surface area contributed by atoms with Gasteiger partial charge in [-0.2, -0.15) is 0 Å². The monoisotopic (exact) mass is 212 g/mol. The van der Waals surface area contributed by atoms with Crippen molar-refractivity contribution >= 4 is 0 Å². The molecule has 15 heavy (non-hydrogen) atoms. The van der Waals surface area contributed by atoms with Crippen molar-refractivity contribution in [1.82, 2.24) is 5.32 Å². The molecule has 2 atom stereocenters. The average molecular weight is 212 g/mol. The van der Waals surface area contributed by atoms with E-state index in [2.05, 4.69) is 12.2 Å². The van der Waals surface area contributed by atoms with E-state index in [4.69, 9.17) is 5.73 Å². The SMILES string of the molecule is CCCCCCCCNC1CCC(N)C1. The lowest BCUT2D eigenvalue weighted by atomic mass is 10.1. The molecule has 3 N–H and O–H groups in total. The molecule has 0 spiro atoms. The van der Waals surface area contributed by atoms with Crippen LogP contribution in [0.1, 0.15) is 64.7 Å². The molecular weight excluding hydrogens is 184 g/mol. The Morgan fingerprint density at radius 2 is 1.80 bits per heavy atom. The highest BCUT2D eigenvalue weighted by atomic mass is 14.9. The molecule has 0 amide bonds. The summed E-state index contributed by atoms with van der Waals surface area (Å²) < 4.78 is 0. The third kappa shape index (κ3) is 6.16. The van der Waals surface area contributed by atoms with E-state index in [1.54, 1.807) is 0 Å². The van der Waals surface area contributed by atoms with Crippen LogP contribution in [0.15, 0.2) is 0 Å². The molecule has 1 fully saturated rings. The zero-order valence-corrected chi connectivity index (χ0v) is 10.3. The number of hydrogen-bond donors (Lipinski definition) is 2. The van der Waals surface area contributed by atoms with Crippen molar-refractivity contribution in [1.29, 1.82) is 0 Å². The van der Waals surface area contributed by atoms with Crippen LogP contribution in [0.25, 0.3) is 0 Å². The van der Waals surface area contributed by atoms with Crippen molar-refractivity contribution in [2.45, 2.75) is 76.8 Å². The summed E-state index contributed by atoms with van der Waals surface area (Å²) in [4.78, 5) is 0. The van der Waals surface area contributed by atoms with Gasteiger partial charge in [0.05, 0.1) is 0 Å². The van der Waals surface area contributed by atoms with Gasteiger partial charge in [-0.3, -0.25) is 0 Å². The minimum Gasteiger partial charge on any atom is -0.328 e. The first-order chi connectivity index (χ1) is 7.33. The molecule has 0 radical (unpaired) electrons. The lowest BCUT2D eigenvalue weighted by Gasteiger charge is -2.11. The molecule has 0 aromatic carbocycles. The fourth-order valence-corrected chi connectivity index (χ4v) is 2.41. The zero-order chi connectivity index (χ0) is 10.9. The first-order valence-electron chi connectivity index (χ1n) is 6.82. The van der Waals surface area contributed by atoms with Crippen molar-refractivity contribution < 1.29 is 0 Å². The van der Waals surface area contributed by atoms with Crippen LogP contribution in [0, 0.1) is 0 Å². The number of nitrogens with one attached hydrogen (secondary N) is 1. The van der Waals surface area contributed by atoms with Gasteiger partial charge in [0.1, 0.15) is 0 Å². The lowest BCUT2D eigenvalue weighted by Crippen LogP contribution is -2.29. The van der Waals surface area contributed by atoms with E-state index < -0.39 is 0 Å². The van der Waals surface area contributed by atoms with Gasteiger partial charge in [0.15, 0.2) is 0 Å². The Bertz CT molecular complexity index is 147. The summed E-state index contributed by atoms with van der Waals surface area (Å²) in [5.41, 5.74) is 5.87.